The van der Waals surface area contributed by atoms with E-state index in [0.717, 1.165) is 12.1 Å². The summed E-state index contributed by atoms with van der Waals surface area (Å²) in [7, 11) is -3.11. The average molecular weight is 640 g/mol. The van der Waals surface area contributed by atoms with E-state index in [1.165, 1.54) is 43.2 Å². The van der Waals surface area contributed by atoms with Crippen LogP contribution in [-0.2, 0) is 32.3 Å². The highest BCUT2D eigenvalue weighted by Crippen LogP contribution is 2.37. The number of sulfonamides is 1. The van der Waals surface area contributed by atoms with Crippen molar-refractivity contribution >= 4 is 39.1 Å². The van der Waals surface area contributed by atoms with Crippen LogP contribution in [0.5, 0.6) is 5.75 Å². The molecule has 0 fully saturated rings. The summed E-state index contributed by atoms with van der Waals surface area (Å²) in [5, 5.41) is 2.45. The Bertz CT molecular complexity index is 1520. The number of benzene rings is 3. The van der Waals surface area contributed by atoms with Crippen LogP contribution in [0.4, 0.5) is 18.9 Å². The number of alkyl halides is 3. The van der Waals surface area contributed by atoms with Gasteiger partial charge in [0, 0.05) is 13.1 Å². The molecule has 2 amide bonds. The SMILES string of the molecule is COc1ccc(CN(C(=O)CN(c2cc(C(F)(F)F)ccc2Cl)S(=O)(=O)c2ccccc2)C(C)C(=O)NCC(C)C)cc1. The molecule has 0 aliphatic carbocycles. The molecule has 0 aliphatic heterocycles. The van der Waals surface area contributed by atoms with E-state index in [2.05, 4.69) is 5.32 Å². The smallest absolute Gasteiger partial charge is 0.416 e. The Morgan fingerprint density at radius 1 is 0.977 bits per heavy atom. The highest BCUT2D eigenvalue weighted by molar-refractivity contribution is 7.92. The van der Waals surface area contributed by atoms with Gasteiger partial charge in [0.1, 0.15) is 18.3 Å². The van der Waals surface area contributed by atoms with Gasteiger partial charge in [-0.2, -0.15) is 13.2 Å². The molecule has 3 aromatic carbocycles. The third-order valence-corrected chi connectivity index (χ3v) is 8.61. The van der Waals surface area contributed by atoms with Gasteiger partial charge in [0.2, 0.25) is 11.8 Å². The third kappa shape index (κ3) is 8.64. The van der Waals surface area contributed by atoms with E-state index in [1.54, 1.807) is 30.3 Å². The van der Waals surface area contributed by atoms with Gasteiger partial charge in [-0.3, -0.25) is 13.9 Å². The summed E-state index contributed by atoms with van der Waals surface area (Å²) >= 11 is 6.27. The zero-order chi connectivity index (χ0) is 31.9. The lowest BCUT2D eigenvalue weighted by Crippen LogP contribution is -2.51. The van der Waals surface area contributed by atoms with Crippen molar-refractivity contribution in [1.29, 1.82) is 0 Å². The van der Waals surface area contributed by atoms with Crippen molar-refractivity contribution in [3.63, 3.8) is 0 Å². The first-order valence-electron chi connectivity index (χ1n) is 13.3. The van der Waals surface area contributed by atoms with E-state index in [-0.39, 0.29) is 22.4 Å². The second-order valence-electron chi connectivity index (χ2n) is 10.2. The topological polar surface area (TPSA) is 96.0 Å². The number of methoxy groups -OCH3 is 1. The van der Waals surface area contributed by atoms with Crippen molar-refractivity contribution in [1.82, 2.24) is 10.2 Å². The fourth-order valence-electron chi connectivity index (χ4n) is 4.08. The zero-order valence-corrected chi connectivity index (χ0v) is 25.6. The van der Waals surface area contributed by atoms with E-state index in [4.69, 9.17) is 16.3 Å². The highest BCUT2D eigenvalue weighted by atomic mass is 35.5. The lowest BCUT2D eigenvalue weighted by atomic mass is 10.1. The van der Waals surface area contributed by atoms with Gasteiger partial charge in [0.15, 0.2) is 0 Å². The van der Waals surface area contributed by atoms with Crippen LogP contribution in [0.25, 0.3) is 0 Å². The predicted octanol–water partition coefficient (Wildman–Crippen LogP) is 5.75. The van der Waals surface area contributed by atoms with Crippen LogP contribution in [0.1, 0.15) is 31.9 Å². The summed E-state index contributed by atoms with van der Waals surface area (Å²) in [6, 6.07) is 14.8. The van der Waals surface area contributed by atoms with Gasteiger partial charge in [0.05, 0.1) is 28.3 Å². The van der Waals surface area contributed by atoms with Crippen molar-refractivity contribution in [2.45, 2.75) is 44.4 Å². The number of carbonyl (C=O) groups excluding carboxylic acids is 2. The molecule has 8 nitrogen and oxygen atoms in total. The molecular weight excluding hydrogens is 607 g/mol. The van der Waals surface area contributed by atoms with Crippen LogP contribution in [0.2, 0.25) is 5.02 Å². The molecular formula is C30H33ClF3N3O5S. The Kier molecular flexibility index (Phi) is 11.1. The summed E-state index contributed by atoms with van der Waals surface area (Å²) in [5.41, 5.74) is -1.08. The number of hydrogen-bond acceptors (Lipinski definition) is 5. The number of hydrogen-bond donors (Lipinski definition) is 1. The first-order chi connectivity index (χ1) is 20.1. The Hall–Kier alpha value is -3.77. The monoisotopic (exact) mass is 639 g/mol. The first-order valence-corrected chi connectivity index (χ1v) is 15.1. The lowest BCUT2D eigenvalue weighted by molar-refractivity contribution is -0.139. The number of anilines is 1. The van der Waals surface area contributed by atoms with E-state index in [9.17, 15) is 31.2 Å². The normalized spacial score (nSPS) is 12.5. The number of ether oxygens (including phenoxy) is 1. The molecule has 3 aromatic rings. The van der Waals surface area contributed by atoms with Crippen LogP contribution in [0, 0.1) is 5.92 Å². The molecule has 0 aliphatic rings. The Balaban J connectivity index is 2.10. The number of nitrogens with one attached hydrogen (secondary N) is 1. The second-order valence-corrected chi connectivity index (χ2v) is 12.4. The zero-order valence-electron chi connectivity index (χ0n) is 24.1. The van der Waals surface area contributed by atoms with Gasteiger partial charge < -0.3 is 15.0 Å². The average Bonchev–Trinajstić information content (AvgIpc) is 2.97. The molecule has 0 heterocycles. The number of nitrogens with zero attached hydrogens (tertiary/aromatic N) is 2. The van der Waals surface area contributed by atoms with E-state index in [1.807, 2.05) is 13.8 Å². The molecule has 0 bridgehead atoms. The van der Waals surface area contributed by atoms with Gasteiger partial charge in [-0.05, 0) is 60.9 Å². The standard InChI is InChI=1S/C30H33ClF3N3O5S/c1-20(2)17-35-29(39)21(3)36(18-22-10-13-24(42-4)14-11-22)28(38)19-37(43(40,41)25-8-6-5-7-9-25)27-16-23(30(32,33)34)12-15-26(27)31/h5-16,20-21H,17-19H2,1-4H3,(H,35,39). The number of amides is 2. The molecule has 0 aromatic heterocycles. The van der Waals surface area contributed by atoms with Crippen molar-refractivity contribution in [3.8, 4) is 5.75 Å². The molecule has 1 unspecified atom stereocenters. The summed E-state index contributed by atoms with van der Waals surface area (Å²) < 4.78 is 74.4. The minimum absolute atomic E-state index is 0.103. The Morgan fingerprint density at radius 2 is 1.60 bits per heavy atom. The Labute approximate surface area is 254 Å². The maximum absolute atomic E-state index is 14.0. The molecule has 0 radical (unpaired) electrons. The predicted molar refractivity (Wildman–Crippen MR) is 158 cm³/mol. The van der Waals surface area contributed by atoms with Crippen LogP contribution in [0.15, 0.2) is 77.7 Å². The number of halogens is 4. The van der Waals surface area contributed by atoms with Crippen molar-refractivity contribution in [3.05, 3.63) is 88.9 Å². The molecule has 1 N–H and O–H groups in total. The van der Waals surface area contributed by atoms with Crippen molar-refractivity contribution < 1.29 is 35.9 Å². The summed E-state index contributed by atoms with van der Waals surface area (Å²) in [4.78, 5) is 27.9. The molecule has 0 spiro atoms. The minimum Gasteiger partial charge on any atom is -0.497 e. The van der Waals surface area contributed by atoms with Gasteiger partial charge in [-0.25, -0.2) is 8.42 Å². The van der Waals surface area contributed by atoms with Gasteiger partial charge >= 0.3 is 6.18 Å². The van der Waals surface area contributed by atoms with Gasteiger partial charge in [-0.1, -0.05) is 55.8 Å². The van der Waals surface area contributed by atoms with Gasteiger partial charge in [-0.15, -0.1) is 0 Å². The first kappa shape index (κ1) is 33.7. The summed E-state index contributed by atoms with van der Waals surface area (Å²) in [5.74, 6) is -0.638. The van der Waals surface area contributed by atoms with Gasteiger partial charge in [0.25, 0.3) is 10.0 Å². The van der Waals surface area contributed by atoms with Crippen LogP contribution in [0.3, 0.4) is 0 Å². The minimum atomic E-state index is -4.81. The molecule has 1 atom stereocenters. The molecule has 0 saturated heterocycles. The van der Waals surface area contributed by atoms with E-state index >= 15 is 0 Å². The van der Waals surface area contributed by atoms with E-state index < -0.39 is 51.9 Å². The lowest BCUT2D eigenvalue weighted by Gasteiger charge is -2.32. The summed E-state index contributed by atoms with van der Waals surface area (Å²) in [6.45, 7) is 4.59. The van der Waals surface area contributed by atoms with Crippen LogP contribution in [-0.4, -0.2) is 51.4 Å². The molecule has 43 heavy (non-hydrogen) atoms. The van der Waals surface area contributed by atoms with Crippen molar-refractivity contribution in [2.75, 3.05) is 24.5 Å². The molecule has 0 saturated carbocycles. The largest absolute Gasteiger partial charge is 0.497 e. The van der Waals surface area contributed by atoms with Crippen LogP contribution >= 0.6 is 11.6 Å². The fraction of sp³-hybridized carbons (Fsp3) is 0.333. The van der Waals surface area contributed by atoms with Crippen molar-refractivity contribution in [2.24, 2.45) is 5.92 Å². The fourth-order valence-corrected chi connectivity index (χ4v) is 5.79. The summed E-state index contributed by atoms with van der Waals surface area (Å²) in [6.07, 6.45) is -4.81. The maximum Gasteiger partial charge on any atom is 0.416 e. The molecule has 13 heteroatoms. The quantitative estimate of drug-likeness (QED) is 0.272. The number of carbonyl (C=O) groups is 2. The third-order valence-electron chi connectivity index (χ3n) is 6.52. The molecule has 3 rings (SSSR count). The van der Waals surface area contributed by atoms with E-state index in [0.29, 0.717) is 28.2 Å². The highest BCUT2D eigenvalue weighted by Gasteiger charge is 2.36. The number of rotatable bonds is 12. The maximum atomic E-state index is 14.0. The van der Waals surface area contributed by atoms with Crippen LogP contribution < -0.4 is 14.4 Å². The second kappa shape index (κ2) is 14.1. The molecule has 232 valence electrons. The Morgan fingerprint density at radius 3 is 2.16 bits per heavy atom.